The van der Waals surface area contributed by atoms with E-state index in [-0.39, 0.29) is 5.25 Å². The molecule has 1 saturated carbocycles. The van der Waals surface area contributed by atoms with Crippen molar-refractivity contribution in [2.45, 2.75) is 69.6 Å². The lowest BCUT2D eigenvalue weighted by atomic mass is 9.83. The van der Waals surface area contributed by atoms with Gasteiger partial charge in [0.1, 0.15) is 0 Å². The zero-order valence-electron chi connectivity index (χ0n) is 11.8. The van der Waals surface area contributed by atoms with Gasteiger partial charge < -0.3 is 5.73 Å². The van der Waals surface area contributed by atoms with Crippen molar-refractivity contribution in [2.75, 3.05) is 5.75 Å². The molecule has 1 atom stereocenters. The second-order valence-electron chi connectivity index (χ2n) is 5.77. The Kier molecular flexibility index (Phi) is 6.74. The smallest absolute Gasteiger partial charge is 0.315 e. The van der Waals surface area contributed by atoms with E-state index in [9.17, 15) is 13.6 Å². The highest BCUT2D eigenvalue weighted by molar-refractivity contribution is 7.99. The minimum absolute atomic E-state index is 0.0910. The third-order valence-electron chi connectivity index (χ3n) is 3.61. The predicted molar refractivity (Wildman–Crippen MR) is 76.7 cm³/mol. The summed E-state index contributed by atoms with van der Waals surface area (Å²) in [4.78, 5) is 11.8. The van der Waals surface area contributed by atoms with Crippen LogP contribution in [0.5, 0.6) is 0 Å². The number of ketones is 1. The van der Waals surface area contributed by atoms with Crippen molar-refractivity contribution in [3.63, 3.8) is 0 Å². The van der Waals surface area contributed by atoms with Crippen molar-refractivity contribution in [3.05, 3.63) is 0 Å². The molecule has 0 aromatic heterocycles. The fourth-order valence-corrected chi connectivity index (χ4v) is 3.19. The van der Waals surface area contributed by atoms with Gasteiger partial charge in [0.2, 0.25) is 5.78 Å². The highest BCUT2D eigenvalue weighted by Gasteiger charge is 2.42. The van der Waals surface area contributed by atoms with Crippen LogP contribution in [0.1, 0.15) is 52.4 Å². The van der Waals surface area contributed by atoms with Gasteiger partial charge in [0.25, 0.3) is 0 Å². The molecule has 5 heteroatoms. The van der Waals surface area contributed by atoms with Gasteiger partial charge in [-0.05, 0) is 17.6 Å². The molecule has 0 spiro atoms. The topological polar surface area (TPSA) is 43.1 Å². The third-order valence-corrected chi connectivity index (χ3v) is 4.80. The van der Waals surface area contributed by atoms with E-state index in [0.29, 0.717) is 12.3 Å². The maximum atomic E-state index is 13.7. The summed E-state index contributed by atoms with van der Waals surface area (Å²) in [6.07, 6.45) is 5.93. The number of nitrogens with two attached hydrogens (primary N) is 1. The summed E-state index contributed by atoms with van der Waals surface area (Å²) in [5, 5.41) is 0.0910. The molecule has 112 valence electrons. The SMILES string of the molecule is CC(C)SCC(F)(F)C(=O)[C@@H](N)CC1CCCCC1. The van der Waals surface area contributed by atoms with Crippen molar-refractivity contribution in [2.24, 2.45) is 11.7 Å². The van der Waals surface area contributed by atoms with Crippen LogP contribution in [-0.4, -0.2) is 28.8 Å². The summed E-state index contributed by atoms with van der Waals surface area (Å²) < 4.78 is 27.5. The molecule has 0 bridgehead atoms. The average Bonchev–Trinajstić information content (AvgIpc) is 2.36. The molecular weight excluding hydrogens is 268 g/mol. The number of carbonyl (C=O) groups is 1. The van der Waals surface area contributed by atoms with E-state index in [4.69, 9.17) is 5.73 Å². The Morgan fingerprint density at radius 1 is 1.32 bits per heavy atom. The second-order valence-corrected chi connectivity index (χ2v) is 7.34. The number of rotatable bonds is 7. The molecule has 0 saturated heterocycles. The fraction of sp³-hybridized carbons (Fsp3) is 0.929. The maximum Gasteiger partial charge on any atom is 0.315 e. The van der Waals surface area contributed by atoms with Crippen LogP contribution in [-0.2, 0) is 4.79 Å². The number of thioether (sulfide) groups is 1. The summed E-state index contributed by atoms with van der Waals surface area (Å²) in [7, 11) is 0. The minimum atomic E-state index is -3.29. The van der Waals surface area contributed by atoms with Crippen LogP contribution in [0.2, 0.25) is 0 Å². The first-order chi connectivity index (χ1) is 8.83. The first-order valence-corrected chi connectivity index (χ1v) is 8.17. The number of hydrogen-bond acceptors (Lipinski definition) is 3. The molecule has 0 unspecified atom stereocenters. The van der Waals surface area contributed by atoms with Crippen molar-refractivity contribution in [1.29, 1.82) is 0 Å². The summed E-state index contributed by atoms with van der Waals surface area (Å²) in [5.41, 5.74) is 5.70. The number of hydrogen-bond donors (Lipinski definition) is 1. The number of alkyl halides is 2. The fourth-order valence-electron chi connectivity index (χ4n) is 2.50. The highest BCUT2D eigenvalue weighted by atomic mass is 32.2. The summed E-state index contributed by atoms with van der Waals surface area (Å²) in [6.45, 7) is 3.68. The molecule has 0 amide bonds. The van der Waals surface area contributed by atoms with E-state index in [2.05, 4.69) is 0 Å². The van der Waals surface area contributed by atoms with Gasteiger partial charge in [-0.15, -0.1) is 0 Å². The maximum absolute atomic E-state index is 13.7. The molecule has 2 nitrogen and oxygen atoms in total. The van der Waals surface area contributed by atoms with E-state index in [0.717, 1.165) is 37.4 Å². The van der Waals surface area contributed by atoms with Crippen LogP contribution < -0.4 is 5.73 Å². The largest absolute Gasteiger partial charge is 0.321 e. The van der Waals surface area contributed by atoms with Gasteiger partial charge >= 0.3 is 5.92 Å². The van der Waals surface area contributed by atoms with E-state index in [1.807, 2.05) is 13.8 Å². The van der Waals surface area contributed by atoms with Crippen molar-refractivity contribution in [1.82, 2.24) is 0 Å². The molecule has 0 aliphatic heterocycles. The Morgan fingerprint density at radius 3 is 2.42 bits per heavy atom. The van der Waals surface area contributed by atoms with Gasteiger partial charge in [-0.1, -0.05) is 46.0 Å². The van der Waals surface area contributed by atoms with Crippen molar-refractivity contribution in [3.8, 4) is 0 Å². The Bertz CT molecular complexity index is 291. The van der Waals surface area contributed by atoms with Crippen molar-refractivity contribution < 1.29 is 13.6 Å². The van der Waals surface area contributed by atoms with Gasteiger partial charge in [0.05, 0.1) is 11.8 Å². The first kappa shape index (κ1) is 16.9. The van der Waals surface area contributed by atoms with Crippen LogP contribution >= 0.6 is 11.8 Å². The number of halogens is 2. The Labute approximate surface area is 118 Å². The molecule has 1 fully saturated rings. The molecule has 2 N–H and O–H groups in total. The Morgan fingerprint density at radius 2 is 1.89 bits per heavy atom. The molecule has 0 aromatic rings. The zero-order chi connectivity index (χ0) is 14.5. The quantitative estimate of drug-likeness (QED) is 0.779. The molecule has 0 heterocycles. The number of carbonyl (C=O) groups excluding carboxylic acids is 1. The van der Waals surface area contributed by atoms with Crippen molar-refractivity contribution >= 4 is 17.5 Å². The van der Waals surface area contributed by atoms with Crippen LogP contribution in [0.25, 0.3) is 0 Å². The molecule has 19 heavy (non-hydrogen) atoms. The Balaban J connectivity index is 2.45. The summed E-state index contributed by atoms with van der Waals surface area (Å²) in [6, 6.07) is -1.01. The molecule has 1 rings (SSSR count). The van der Waals surface area contributed by atoms with Gasteiger partial charge in [-0.3, -0.25) is 4.79 Å². The van der Waals surface area contributed by atoms with Gasteiger partial charge in [0.15, 0.2) is 0 Å². The van der Waals surface area contributed by atoms with Crippen LogP contribution in [0.15, 0.2) is 0 Å². The lowest BCUT2D eigenvalue weighted by molar-refractivity contribution is -0.141. The standard InChI is InChI=1S/C14H25F2NOS/c1-10(2)19-9-14(15,16)13(18)12(17)8-11-6-4-3-5-7-11/h10-12H,3-9,17H2,1-2H3/t12-/m0/s1. The normalized spacial score (nSPS) is 19.7. The van der Waals surface area contributed by atoms with Crippen LogP contribution in [0.4, 0.5) is 8.78 Å². The molecular formula is C14H25F2NOS. The van der Waals surface area contributed by atoms with E-state index < -0.39 is 23.5 Å². The monoisotopic (exact) mass is 293 g/mol. The van der Waals surface area contributed by atoms with Gasteiger partial charge in [-0.25, -0.2) is 0 Å². The lowest BCUT2D eigenvalue weighted by Crippen LogP contribution is -2.45. The molecule has 0 radical (unpaired) electrons. The van der Waals surface area contributed by atoms with Crippen LogP contribution in [0, 0.1) is 5.92 Å². The van der Waals surface area contributed by atoms with Gasteiger partial charge in [0, 0.05) is 0 Å². The molecule has 1 aliphatic rings. The summed E-state index contributed by atoms with van der Waals surface area (Å²) >= 11 is 1.10. The zero-order valence-corrected chi connectivity index (χ0v) is 12.6. The highest BCUT2D eigenvalue weighted by Crippen LogP contribution is 2.30. The average molecular weight is 293 g/mol. The molecule has 1 aliphatic carbocycles. The lowest BCUT2D eigenvalue weighted by Gasteiger charge is -2.26. The second kappa shape index (κ2) is 7.58. The van der Waals surface area contributed by atoms with E-state index in [1.54, 1.807) is 0 Å². The Hall–Kier alpha value is -0.160. The van der Waals surface area contributed by atoms with Crippen LogP contribution in [0.3, 0.4) is 0 Å². The third kappa shape index (κ3) is 5.78. The number of Topliss-reactive ketones (excluding diaryl/α,β-unsaturated/α-hetero) is 1. The van der Waals surface area contributed by atoms with E-state index >= 15 is 0 Å². The van der Waals surface area contributed by atoms with Gasteiger partial charge in [-0.2, -0.15) is 20.5 Å². The predicted octanol–water partition coefficient (Wildman–Crippen LogP) is 3.63. The van der Waals surface area contributed by atoms with E-state index in [1.165, 1.54) is 6.42 Å². The summed E-state index contributed by atoms with van der Waals surface area (Å²) in [5.74, 6) is -4.47. The minimum Gasteiger partial charge on any atom is -0.321 e. The first-order valence-electron chi connectivity index (χ1n) is 7.12. The molecule has 0 aromatic carbocycles.